The molecule has 1 aliphatic heterocycles. The van der Waals surface area contributed by atoms with Crippen LogP contribution in [0.3, 0.4) is 0 Å². The number of nitrogens with zero attached hydrogens (tertiary/aromatic N) is 2. The normalized spacial score (nSPS) is 22.1. The summed E-state index contributed by atoms with van der Waals surface area (Å²) in [6, 6.07) is 0.412. The van der Waals surface area contributed by atoms with Crippen molar-refractivity contribution in [3.63, 3.8) is 0 Å². The fourth-order valence-electron chi connectivity index (χ4n) is 1.74. The van der Waals surface area contributed by atoms with E-state index in [0.29, 0.717) is 12.6 Å². The number of thiazole rings is 1. The Bertz CT molecular complexity index is 339. The van der Waals surface area contributed by atoms with Crippen LogP contribution in [-0.4, -0.2) is 30.8 Å². The fourth-order valence-corrected chi connectivity index (χ4v) is 2.80. The van der Waals surface area contributed by atoms with Crippen molar-refractivity contribution in [3.8, 4) is 0 Å². The first-order valence-corrected chi connectivity index (χ1v) is 6.04. The quantitative estimate of drug-likeness (QED) is 0.823. The molecule has 15 heavy (non-hydrogen) atoms. The zero-order chi connectivity index (χ0) is 10.8. The number of nitrogens with two attached hydrogens (primary N) is 1. The molecule has 1 saturated heterocycles. The minimum Gasteiger partial charge on any atom is -0.377 e. The predicted molar refractivity (Wildman–Crippen MR) is 62.4 cm³/mol. The van der Waals surface area contributed by atoms with Crippen molar-refractivity contribution in [1.29, 1.82) is 0 Å². The molecule has 5 heteroatoms. The Morgan fingerprint density at radius 2 is 2.47 bits per heavy atom. The third-order valence-corrected chi connectivity index (χ3v) is 3.90. The van der Waals surface area contributed by atoms with Crippen molar-refractivity contribution in [3.05, 3.63) is 10.6 Å². The number of aryl methyl sites for hydroxylation is 1. The highest BCUT2D eigenvalue weighted by molar-refractivity contribution is 7.15. The summed E-state index contributed by atoms with van der Waals surface area (Å²) in [5.74, 6) is 0. The van der Waals surface area contributed by atoms with E-state index < -0.39 is 0 Å². The van der Waals surface area contributed by atoms with Gasteiger partial charge in [-0.2, -0.15) is 0 Å². The lowest BCUT2D eigenvalue weighted by Gasteiger charge is -2.32. The Morgan fingerprint density at radius 1 is 1.67 bits per heavy atom. The minimum absolute atomic E-state index is 0.412. The first-order chi connectivity index (χ1) is 7.22. The maximum absolute atomic E-state index is 5.66. The van der Waals surface area contributed by atoms with Gasteiger partial charge < -0.3 is 15.4 Å². The number of ether oxygens (including phenoxy) is 1. The lowest BCUT2D eigenvalue weighted by molar-refractivity contribution is 0.0989. The van der Waals surface area contributed by atoms with Crippen LogP contribution in [0.5, 0.6) is 0 Å². The summed E-state index contributed by atoms with van der Waals surface area (Å²) in [5.41, 5.74) is 6.72. The van der Waals surface area contributed by atoms with Gasteiger partial charge in [0.2, 0.25) is 0 Å². The number of morpholine rings is 1. The van der Waals surface area contributed by atoms with Crippen LogP contribution in [0.1, 0.15) is 17.5 Å². The highest BCUT2D eigenvalue weighted by Gasteiger charge is 2.22. The van der Waals surface area contributed by atoms with Crippen LogP contribution in [-0.2, 0) is 11.3 Å². The van der Waals surface area contributed by atoms with E-state index in [9.17, 15) is 0 Å². The summed E-state index contributed by atoms with van der Waals surface area (Å²) >= 11 is 1.70. The van der Waals surface area contributed by atoms with Crippen molar-refractivity contribution in [2.45, 2.75) is 26.4 Å². The smallest absolute Gasteiger partial charge is 0.186 e. The molecule has 1 unspecified atom stereocenters. The molecule has 1 aromatic heterocycles. The number of rotatable bonds is 2. The Balaban J connectivity index is 2.20. The van der Waals surface area contributed by atoms with Crippen LogP contribution in [0.4, 0.5) is 5.13 Å². The van der Waals surface area contributed by atoms with E-state index >= 15 is 0 Å². The molecule has 4 nitrogen and oxygen atoms in total. The summed E-state index contributed by atoms with van der Waals surface area (Å²) in [7, 11) is 0. The van der Waals surface area contributed by atoms with E-state index in [0.717, 1.165) is 30.6 Å². The van der Waals surface area contributed by atoms with Gasteiger partial charge in [0.1, 0.15) is 0 Å². The molecule has 1 fully saturated rings. The van der Waals surface area contributed by atoms with Crippen molar-refractivity contribution < 1.29 is 4.74 Å². The Morgan fingerprint density at radius 3 is 3.07 bits per heavy atom. The molecule has 0 aromatic carbocycles. The molecule has 1 aliphatic rings. The summed E-state index contributed by atoms with van der Waals surface area (Å²) in [6.07, 6.45) is 0. The molecule has 2 heterocycles. The van der Waals surface area contributed by atoms with E-state index in [1.54, 1.807) is 11.3 Å². The molecule has 1 atom stereocenters. The topological polar surface area (TPSA) is 51.4 Å². The fraction of sp³-hybridized carbons (Fsp3) is 0.700. The summed E-state index contributed by atoms with van der Waals surface area (Å²) in [6.45, 7) is 7.28. The largest absolute Gasteiger partial charge is 0.377 e. The van der Waals surface area contributed by atoms with Gasteiger partial charge in [-0.25, -0.2) is 4.98 Å². The Labute approximate surface area is 94.1 Å². The van der Waals surface area contributed by atoms with E-state index in [1.165, 1.54) is 4.88 Å². The standard InChI is InChI=1S/C10H17N3OS/c1-7-6-14-4-3-13(7)10-12-8(2)9(5-11)15-10/h7H,3-6,11H2,1-2H3. The van der Waals surface area contributed by atoms with Crippen LogP contribution in [0.2, 0.25) is 0 Å². The van der Waals surface area contributed by atoms with Gasteiger partial charge in [0.25, 0.3) is 0 Å². The molecule has 84 valence electrons. The highest BCUT2D eigenvalue weighted by atomic mass is 32.1. The number of hydrogen-bond acceptors (Lipinski definition) is 5. The molecule has 0 radical (unpaired) electrons. The molecule has 0 aliphatic carbocycles. The van der Waals surface area contributed by atoms with Crippen LogP contribution in [0.25, 0.3) is 0 Å². The van der Waals surface area contributed by atoms with E-state index in [2.05, 4.69) is 16.8 Å². The zero-order valence-electron chi connectivity index (χ0n) is 9.19. The highest BCUT2D eigenvalue weighted by Crippen LogP contribution is 2.27. The average molecular weight is 227 g/mol. The van der Waals surface area contributed by atoms with Gasteiger partial charge in [0.05, 0.1) is 24.9 Å². The lowest BCUT2D eigenvalue weighted by Crippen LogP contribution is -2.43. The average Bonchev–Trinajstić information content (AvgIpc) is 2.60. The molecule has 2 N–H and O–H groups in total. The molecule has 1 aromatic rings. The van der Waals surface area contributed by atoms with Crippen molar-refractivity contribution >= 4 is 16.5 Å². The number of aromatic nitrogens is 1. The van der Waals surface area contributed by atoms with Crippen LogP contribution >= 0.6 is 11.3 Å². The SMILES string of the molecule is Cc1nc(N2CCOCC2C)sc1CN. The maximum Gasteiger partial charge on any atom is 0.186 e. The van der Waals surface area contributed by atoms with E-state index in [1.807, 2.05) is 6.92 Å². The van der Waals surface area contributed by atoms with Crippen molar-refractivity contribution in [1.82, 2.24) is 4.98 Å². The molecule has 0 saturated carbocycles. The maximum atomic E-state index is 5.66. The van der Waals surface area contributed by atoms with E-state index in [-0.39, 0.29) is 0 Å². The van der Waals surface area contributed by atoms with Gasteiger partial charge in [-0.15, -0.1) is 11.3 Å². The van der Waals surface area contributed by atoms with Crippen molar-refractivity contribution in [2.75, 3.05) is 24.7 Å². The summed E-state index contributed by atoms with van der Waals surface area (Å²) in [5, 5.41) is 1.09. The molecule has 2 rings (SSSR count). The predicted octanol–water partition coefficient (Wildman–Crippen LogP) is 1.14. The summed E-state index contributed by atoms with van der Waals surface area (Å²) in [4.78, 5) is 8.05. The third kappa shape index (κ3) is 2.14. The monoisotopic (exact) mass is 227 g/mol. The second kappa shape index (κ2) is 4.47. The number of anilines is 1. The second-order valence-corrected chi connectivity index (χ2v) is 4.89. The molecule has 0 spiro atoms. The second-order valence-electron chi connectivity index (χ2n) is 3.83. The molecular weight excluding hydrogens is 210 g/mol. The van der Waals surface area contributed by atoms with E-state index in [4.69, 9.17) is 10.5 Å². The Hall–Kier alpha value is -0.650. The molecule has 0 amide bonds. The molecular formula is C10H17N3OS. The van der Waals surface area contributed by atoms with Gasteiger partial charge in [0.15, 0.2) is 5.13 Å². The first-order valence-electron chi connectivity index (χ1n) is 5.23. The third-order valence-electron chi connectivity index (χ3n) is 2.68. The Kier molecular flexibility index (Phi) is 3.23. The molecule has 0 bridgehead atoms. The van der Waals surface area contributed by atoms with Crippen molar-refractivity contribution in [2.24, 2.45) is 5.73 Å². The number of hydrogen-bond donors (Lipinski definition) is 1. The lowest BCUT2D eigenvalue weighted by atomic mass is 10.3. The van der Waals surface area contributed by atoms with Gasteiger partial charge in [-0.3, -0.25) is 0 Å². The van der Waals surface area contributed by atoms with Gasteiger partial charge in [-0.1, -0.05) is 0 Å². The van der Waals surface area contributed by atoms with Gasteiger partial charge >= 0.3 is 0 Å². The van der Waals surface area contributed by atoms with Crippen LogP contribution < -0.4 is 10.6 Å². The van der Waals surface area contributed by atoms with Crippen LogP contribution in [0, 0.1) is 6.92 Å². The summed E-state index contributed by atoms with van der Waals surface area (Å²) < 4.78 is 5.41. The van der Waals surface area contributed by atoms with Crippen LogP contribution in [0.15, 0.2) is 0 Å². The van der Waals surface area contributed by atoms with Gasteiger partial charge in [0, 0.05) is 18.0 Å². The zero-order valence-corrected chi connectivity index (χ0v) is 10.0. The van der Waals surface area contributed by atoms with Gasteiger partial charge in [-0.05, 0) is 13.8 Å². The first kappa shape index (κ1) is 10.9. The minimum atomic E-state index is 0.412.